The molecule has 13 aromatic carbocycles. The van der Waals surface area contributed by atoms with E-state index in [2.05, 4.69) is 203 Å². The summed E-state index contributed by atoms with van der Waals surface area (Å²) in [6, 6.07) is 67.4. The Morgan fingerprint density at radius 1 is 0.324 bits per heavy atom. The van der Waals surface area contributed by atoms with E-state index in [0.29, 0.717) is 39.4 Å². The van der Waals surface area contributed by atoms with Crippen LogP contribution in [0.3, 0.4) is 0 Å². The Labute approximate surface area is 615 Å². The number of rotatable bonds is 7. The summed E-state index contributed by atoms with van der Waals surface area (Å²) in [5, 5.41) is 16.1. The largest absolute Gasteiger partial charge is 0.311 e. The minimum Gasteiger partial charge on any atom is -0.311 e. The van der Waals surface area contributed by atoms with Crippen LogP contribution < -0.4 is 26.2 Å². The van der Waals surface area contributed by atoms with Gasteiger partial charge < -0.3 is 23.5 Å². The fourth-order valence-electron chi connectivity index (χ4n) is 15.8. The van der Waals surface area contributed by atoms with Gasteiger partial charge in [-0.25, -0.2) is 0 Å². The molecule has 2 aliphatic heterocycles. The second-order valence-electron chi connectivity index (χ2n) is 31.6. The van der Waals surface area contributed by atoms with Crippen molar-refractivity contribution in [3.63, 3.8) is 0 Å². The van der Waals surface area contributed by atoms with Crippen molar-refractivity contribution in [2.75, 3.05) is 9.80 Å². The van der Waals surface area contributed by atoms with Gasteiger partial charge in [-0.15, -0.1) is 0 Å². The topological polar surface area (TPSA) is 45.1 Å². The summed E-state index contributed by atoms with van der Waals surface area (Å²) in [4.78, 5) is 4.51. The summed E-state index contributed by atoms with van der Waals surface area (Å²) in [6.45, 7) is 25.2. The fourth-order valence-corrected chi connectivity index (χ4v) is 15.8. The molecule has 0 spiro atoms. The molecule has 102 heavy (non-hydrogen) atoms. The number of anilines is 6. The minimum absolute atomic E-state index is 0.0197. The third kappa shape index (κ3) is 9.81. The van der Waals surface area contributed by atoms with E-state index in [-0.39, 0.29) is 62.4 Å². The highest BCUT2D eigenvalue weighted by Gasteiger charge is 2.46. The first kappa shape index (κ1) is 50.7. The Kier molecular flexibility index (Phi) is 11.3. The highest BCUT2D eigenvalue weighted by atomic mass is 15.2. The molecule has 2 aliphatic rings. The van der Waals surface area contributed by atoms with Gasteiger partial charge in [0.15, 0.2) is 0 Å². The Morgan fingerprint density at radius 3 is 1.32 bits per heavy atom. The zero-order valence-electron chi connectivity index (χ0n) is 71.3. The van der Waals surface area contributed by atoms with E-state index in [1.807, 2.05) is 106 Å². The van der Waals surface area contributed by atoms with E-state index < -0.39 is 65.9 Å². The molecule has 6 nitrogen and oxygen atoms in total. The lowest BCUT2D eigenvalue weighted by molar-refractivity contribution is 0.590. The Balaban J connectivity index is 1.00. The van der Waals surface area contributed by atoms with Crippen LogP contribution >= 0.6 is 0 Å². The maximum Gasteiger partial charge on any atom is 0.252 e. The van der Waals surface area contributed by atoms with Crippen molar-refractivity contribution < 1.29 is 16.4 Å². The maximum atomic E-state index is 11.9. The normalized spacial score (nSPS) is 14.9. The van der Waals surface area contributed by atoms with Crippen LogP contribution in [0.25, 0.3) is 105 Å². The van der Waals surface area contributed by atoms with Crippen LogP contribution in [-0.4, -0.2) is 20.4 Å². The number of para-hydroxylation sites is 4. The SMILES string of the molecule is [2H]c1c([2H])c(-c2ccc(N3c4cc(-n5c6ccc(C(C)(C)C)cc6c6cc(C(C)(C)C)ccc65)ccc4B4c5ccc(-n6c7c([2H])c([2H])c([2H])c([2H])c7c7c([2H])c([2H])c([2H])c([2H])c76)cc5N(c5cc(-n6c7ccccc7c7ccccc76)ccc5C#N)c5cc(C(C)(C)C)cc3c54)c(-c3ccccc3)c2)c([2H])c(C(C)(C)C)c1[2H]. The number of nitrogens with zero attached hydrogens (tertiary/aromatic N) is 6. The third-order valence-electron chi connectivity index (χ3n) is 21.1. The molecule has 0 saturated carbocycles. The van der Waals surface area contributed by atoms with E-state index >= 15 is 0 Å². The van der Waals surface area contributed by atoms with Crippen LogP contribution in [0.4, 0.5) is 34.1 Å². The summed E-state index contributed by atoms with van der Waals surface area (Å²) < 4.78 is 119. The fraction of sp³-hybridized carbons (Fsp3) is 0.168. The molecule has 0 fully saturated rings. The predicted octanol–water partition coefficient (Wildman–Crippen LogP) is 23.5. The first-order valence-corrected chi connectivity index (χ1v) is 35.1. The lowest BCUT2D eigenvalue weighted by Crippen LogP contribution is -2.61. The van der Waals surface area contributed by atoms with Gasteiger partial charge in [0, 0.05) is 77.7 Å². The molecule has 0 bridgehead atoms. The summed E-state index contributed by atoms with van der Waals surface area (Å²) in [7, 11) is 0. The summed E-state index contributed by atoms with van der Waals surface area (Å²) in [5.41, 5.74) is 17.3. The molecule has 0 unspecified atom stereocenters. The van der Waals surface area contributed by atoms with Crippen LogP contribution in [0.2, 0.25) is 0 Å². The number of hydrogen-bond donors (Lipinski definition) is 0. The van der Waals surface area contributed by atoms with Crippen LogP contribution in [0.1, 0.15) is 127 Å². The number of nitriles is 1. The van der Waals surface area contributed by atoms with Gasteiger partial charge in [0.2, 0.25) is 0 Å². The maximum absolute atomic E-state index is 11.9. The van der Waals surface area contributed by atoms with E-state index in [0.717, 1.165) is 105 Å². The summed E-state index contributed by atoms with van der Waals surface area (Å²) in [5.74, 6) is 0. The molecule has 16 aromatic rings. The van der Waals surface area contributed by atoms with Gasteiger partial charge >= 0.3 is 0 Å². The zero-order valence-corrected chi connectivity index (χ0v) is 59.3. The molecule has 0 amide bonds. The van der Waals surface area contributed by atoms with Crippen LogP contribution in [-0.2, 0) is 21.7 Å². The molecule has 0 radical (unpaired) electrons. The second kappa shape index (κ2) is 22.7. The molecule has 494 valence electrons. The number of fused-ring (bicyclic) bond motifs is 13. The molecular weight excluding hydrogens is 1240 g/mol. The van der Waals surface area contributed by atoms with Gasteiger partial charge in [0.25, 0.3) is 6.71 Å². The standard InChI is InChI=1S/C95H81BN6/c1-92(2,3)63-28-24-27-60(49-63)61-38-46-83(74(50-61)59-25-14-13-15-26-59)101-87-56-69(100-84-47-39-64(93(4,5)6)51-75(84)76-52-65(94(7,8)9)40-48-85(76)100)43-44-77(87)96-78-45-42-68(99-81-35-22-18-31-72(81)73-32-19-23-36-82(73)99)57-88(78)102(90-54-66(95(10,11)12)53-89(101)91(90)96)86-55-67(41-37-62(86)58-97)98-79-33-20-16-29-70(79)71-30-17-21-34-80(71)98/h13-57H,1-12H3/i18D,19D,22D,23D,24D,27D,28D,31D,32D,35D,36D,49D. The first-order valence-electron chi connectivity index (χ1n) is 41.1. The van der Waals surface area contributed by atoms with Crippen LogP contribution in [0.5, 0.6) is 0 Å². The van der Waals surface area contributed by atoms with Crippen molar-refractivity contribution in [1.82, 2.24) is 13.7 Å². The van der Waals surface area contributed by atoms with Crippen molar-refractivity contribution in [3.05, 3.63) is 301 Å². The smallest absolute Gasteiger partial charge is 0.252 e. The second-order valence-corrected chi connectivity index (χ2v) is 31.6. The summed E-state index contributed by atoms with van der Waals surface area (Å²) in [6.07, 6.45) is 0. The van der Waals surface area contributed by atoms with E-state index in [1.54, 1.807) is 4.57 Å². The molecule has 0 saturated heterocycles. The van der Waals surface area contributed by atoms with Gasteiger partial charge in [-0.1, -0.05) is 241 Å². The van der Waals surface area contributed by atoms with E-state index in [1.165, 1.54) is 11.1 Å². The highest BCUT2D eigenvalue weighted by molar-refractivity contribution is 7.00. The minimum atomic E-state index is -0.717. The average molecular weight is 1330 g/mol. The quantitative estimate of drug-likeness (QED) is 0.149. The van der Waals surface area contributed by atoms with Crippen molar-refractivity contribution in [3.8, 4) is 45.4 Å². The number of benzene rings is 13. The van der Waals surface area contributed by atoms with Crippen LogP contribution in [0.15, 0.2) is 273 Å². The summed E-state index contributed by atoms with van der Waals surface area (Å²) >= 11 is 0. The van der Waals surface area contributed by atoms with Crippen molar-refractivity contribution in [2.45, 2.75) is 105 Å². The van der Waals surface area contributed by atoms with Crippen LogP contribution in [0, 0.1) is 11.3 Å². The van der Waals surface area contributed by atoms with Gasteiger partial charge in [0.1, 0.15) is 6.07 Å². The Morgan fingerprint density at radius 2 is 0.794 bits per heavy atom. The molecule has 7 heteroatoms. The van der Waals surface area contributed by atoms with Gasteiger partial charge in [-0.05, 0) is 192 Å². The van der Waals surface area contributed by atoms with Crippen molar-refractivity contribution >= 4 is 123 Å². The molecule has 5 heterocycles. The average Bonchev–Trinajstić information content (AvgIpc) is 0.815. The first-order chi connectivity index (χ1) is 54.1. The Hall–Kier alpha value is -11.6. The lowest BCUT2D eigenvalue weighted by Gasteiger charge is -2.45. The van der Waals surface area contributed by atoms with E-state index in [4.69, 9.17) is 2.74 Å². The van der Waals surface area contributed by atoms with Crippen molar-refractivity contribution in [2.24, 2.45) is 0 Å². The number of aromatic nitrogens is 3. The monoisotopic (exact) mass is 1330 g/mol. The number of hydrogen-bond acceptors (Lipinski definition) is 3. The molecule has 3 aromatic heterocycles. The Bertz CT molecular complexity index is 6780. The molecule has 0 atom stereocenters. The molecular formula is C95H81BN6. The van der Waals surface area contributed by atoms with Crippen molar-refractivity contribution in [1.29, 1.82) is 5.26 Å². The molecule has 0 aliphatic carbocycles. The molecule has 0 N–H and O–H groups in total. The van der Waals surface area contributed by atoms with Gasteiger partial charge in [-0.3, -0.25) is 0 Å². The van der Waals surface area contributed by atoms with Gasteiger partial charge in [-0.2, -0.15) is 5.26 Å². The highest BCUT2D eigenvalue weighted by Crippen LogP contribution is 2.52. The molecule has 18 rings (SSSR count). The zero-order chi connectivity index (χ0) is 80.5. The third-order valence-corrected chi connectivity index (χ3v) is 21.1. The lowest BCUT2D eigenvalue weighted by atomic mass is 9.33. The predicted molar refractivity (Wildman–Crippen MR) is 434 cm³/mol. The van der Waals surface area contributed by atoms with E-state index in [9.17, 15) is 19.0 Å². The van der Waals surface area contributed by atoms with Gasteiger partial charge in [0.05, 0.1) is 66.5 Å².